The average molecular weight is 206 g/mol. The van der Waals surface area contributed by atoms with Gasteiger partial charge in [-0.25, -0.2) is 9.86 Å². The predicted molar refractivity (Wildman–Crippen MR) is 55.7 cm³/mol. The number of amides is 2. The van der Waals surface area contributed by atoms with Crippen LogP contribution in [0.25, 0.3) is 0 Å². The average Bonchev–Trinajstić information content (AvgIpc) is 2.98. The first kappa shape index (κ1) is 9.98. The fraction of sp³-hybridized carbons (Fsp3) is 0.364. The van der Waals surface area contributed by atoms with Crippen LogP contribution in [-0.4, -0.2) is 29.4 Å². The number of carbonyl (C=O) groups is 1. The van der Waals surface area contributed by atoms with Crippen LogP contribution < -0.4 is 5.32 Å². The van der Waals surface area contributed by atoms with Gasteiger partial charge in [0.25, 0.3) is 0 Å². The quantitative estimate of drug-likeness (QED) is 0.570. The number of nitrogens with zero attached hydrogens (tertiary/aromatic N) is 1. The van der Waals surface area contributed by atoms with Crippen LogP contribution >= 0.6 is 0 Å². The van der Waals surface area contributed by atoms with Crippen LogP contribution in [0.3, 0.4) is 0 Å². The highest BCUT2D eigenvalue weighted by molar-refractivity contribution is 5.73. The molecule has 1 aromatic carbocycles. The highest BCUT2D eigenvalue weighted by Crippen LogP contribution is 2.40. The Bertz CT molecular complexity index is 351. The summed E-state index contributed by atoms with van der Waals surface area (Å²) in [6, 6.07) is 9.78. The van der Waals surface area contributed by atoms with Crippen molar-refractivity contribution in [3.8, 4) is 0 Å². The summed E-state index contributed by atoms with van der Waals surface area (Å²) in [6.07, 6.45) is 0.948. The lowest BCUT2D eigenvalue weighted by molar-refractivity contribution is -0.0184. The van der Waals surface area contributed by atoms with E-state index in [-0.39, 0.29) is 6.04 Å². The Morgan fingerprint density at radius 3 is 2.73 bits per heavy atom. The van der Waals surface area contributed by atoms with E-state index in [9.17, 15) is 4.79 Å². The van der Waals surface area contributed by atoms with Gasteiger partial charge in [0.05, 0.1) is 0 Å². The molecule has 1 fully saturated rings. The maximum absolute atomic E-state index is 11.1. The van der Waals surface area contributed by atoms with E-state index in [4.69, 9.17) is 5.21 Å². The van der Waals surface area contributed by atoms with Gasteiger partial charge < -0.3 is 5.32 Å². The van der Waals surface area contributed by atoms with E-state index in [1.165, 1.54) is 12.6 Å². The van der Waals surface area contributed by atoms with E-state index < -0.39 is 6.03 Å². The summed E-state index contributed by atoms with van der Waals surface area (Å²) in [6.45, 7) is 0. The summed E-state index contributed by atoms with van der Waals surface area (Å²) < 4.78 is 0. The third-order valence-corrected chi connectivity index (χ3v) is 2.62. The molecule has 15 heavy (non-hydrogen) atoms. The summed E-state index contributed by atoms with van der Waals surface area (Å²) in [5.74, 6) is 0.398. The monoisotopic (exact) mass is 206 g/mol. The highest BCUT2D eigenvalue weighted by Gasteiger charge is 2.39. The second kappa shape index (κ2) is 3.90. The molecular formula is C11H14N2O2. The van der Waals surface area contributed by atoms with Gasteiger partial charge in [-0.1, -0.05) is 30.3 Å². The number of hydroxylamine groups is 2. The van der Waals surface area contributed by atoms with Crippen molar-refractivity contribution in [3.05, 3.63) is 35.9 Å². The van der Waals surface area contributed by atoms with Gasteiger partial charge in [-0.15, -0.1) is 0 Å². The van der Waals surface area contributed by atoms with Crippen LogP contribution in [0.1, 0.15) is 17.9 Å². The molecule has 1 aliphatic carbocycles. The van der Waals surface area contributed by atoms with Crippen LogP contribution in [0, 0.1) is 0 Å². The van der Waals surface area contributed by atoms with E-state index in [1.54, 1.807) is 0 Å². The van der Waals surface area contributed by atoms with Gasteiger partial charge in [-0.05, 0) is 12.0 Å². The van der Waals surface area contributed by atoms with E-state index in [2.05, 4.69) is 17.4 Å². The third-order valence-electron chi connectivity index (χ3n) is 2.62. The van der Waals surface area contributed by atoms with Crippen molar-refractivity contribution in [2.45, 2.75) is 18.4 Å². The fourth-order valence-corrected chi connectivity index (χ4v) is 1.68. The number of rotatable bonds is 2. The minimum absolute atomic E-state index is 0.162. The van der Waals surface area contributed by atoms with Crippen molar-refractivity contribution in [3.63, 3.8) is 0 Å². The molecule has 0 aliphatic heterocycles. The largest absolute Gasteiger partial charge is 0.341 e. The molecule has 0 heterocycles. The van der Waals surface area contributed by atoms with Gasteiger partial charge in [-0.3, -0.25) is 5.21 Å². The van der Waals surface area contributed by atoms with Crippen LogP contribution in [0.5, 0.6) is 0 Å². The summed E-state index contributed by atoms with van der Waals surface area (Å²) in [5.41, 5.74) is 1.24. The van der Waals surface area contributed by atoms with Gasteiger partial charge in [0.15, 0.2) is 0 Å². The molecule has 1 saturated carbocycles. The number of nitrogens with one attached hydrogen (secondary N) is 1. The standard InChI is InChI=1S/C11H14N2O2/c1-13(15)11(14)12-10-7-9(10)8-5-3-2-4-6-8/h2-6,9-10,15H,7H2,1H3,(H,12,14). The Kier molecular flexibility index (Phi) is 2.60. The molecule has 0 radical (unpaired) electrons. The lowest BCUT2D eigenvalue weighted by atomic mass is 10.1. The number of hydrogen-bond donors (Lipinski definition) is 2. The van der Waals surface area contributed by atoms with Crippen LogP contribution in [0.15, 0.2) is 30.3 Å². The maximum atomic E-state index is 11.1. The number of urea groups is 1. The normalized spacial score (nSPS) is 23.3. The molecular weight excluding hydrogens is 192 g/mol. The molecule has 4 nitrogen and oxygen atoms in total. The van der Waals surface area contributed by atoms with Crippen LogP contribution in [0.2, 0.25) is 0 Å². The van der Waals surface area contributed by atoms with Crippen molar-refractivity contribution in [1.29, 1.82) is 0 Å². The van der Waals surface area contributed by atoms with Crippen molar-refractivity contribution in [1.82, 2.24) is 10.4 Å². The van der Waals surface area contributed by atoms with Crippen molar-refractivity contribution in [2.75, 3.05) is 7.05 Å². The van der Waals surface area contributed by atoms with Gasteiger partial charge in [0.2, 0.25) is 0 Å². The van der Waals surface area contributed by atoms with Crippen molar-refractivity contribution in [2.24, 2.45) is 0 Å². The van der Waals surface area contributed by atoms with Gasteiger partial charge in [0.1, 0.15) is 0 Å². The topological polar surface area (TPSA) is 52.6 Å². The first-order valence-electron chi connectivity index (χ1n) is 4.96. The molecule has 2 atom stereocenters. The molecule has 0 bridgehead atoms. The number of benzene rings is 1. The number of hydrogen-bond acceptors (Lipinski definition) is 2. The van der Waals surface area contributed by atoms with E-state index in [1.807, 2.05) is 18.2 Å². The Morgan fingerprint density at radius 2 is 2.13 bits per heavy atom. The zero-order valence-electron chi connectivity index (χ0n) is 8.55. The van der Waals surface area contributed by atoms with Crippen molar-refractivity contribution >= 4 is 6.03 Å². The summed E-state index contributed by atoms with van der Waals surface area (Å²) in [5, 5.41) is 12.2. The molecule has 80 valence electrons. The molecule has 4 heteroatoms. The molecule has 2 amide bonds. The first-order chi connectivity index (χ1) is 7.18. The second-order valence-electron chi connectivity index (χ2n) is 3.83. The SMILES string of the molecule is CN(O)C(=O)NC1CC1c1ccccc1. The molecule has 2 rings (SSSR count). The van der Waals surface area contributed by atoms with E-state index in [0.717, 1.165) is 6.42 Å². The second-order valence-corrected chi connectivity index (χ2v) is 3.83. The molecule has 1 aliphatic rings. The van der Waals surface area contributed by atoms with Crippen LogP contribution in [-0.2, 0) is 0 Å². The Balaban J connectivity index is 1.89. The summed E-state index contributed by atoms with van der Waals surface area (Å²) >= 11 is 0. The number of carbonyl (C=O) groups excluding carboxylic acids is 1. The Hall–Kier alpha value is -1.55. The zero-order chi connectivity index (χ0) is 10.8. The Morgan fingerprint density at radius 1 is 1.47 bits per heavy atom. The lowest BCUT2D eigenvalue weighted by Gasteiger charge is -2.09. The molecule has 1 aromatic rings. The minimum atomic E-state index is -0.446. The van der Waals surface area contributed by atoms with E-state index in [0.29, 0.717) is 11.0 Å². The smallest absolute Gasteiger partial charge is 0.333 e. The van der Waals surface area contributed by atoms with E-state index >= 15 is 0 Å². The molecule has 0 aromatic heterocycles. The molecule has 0 spiro atoms. The molecule has 2 N–H and O–H groups in total. The minimum Gasteiger partial charge on any atom is -0.333 e. The summed E-state index contributed by atoms with van der Waals surface area (Å²) in [7, 11) is 1.31. The zero-order valence-corrected chi connectivity index (χ0v) is 8.55. The van der Waals surface area contributed by atoms with Crippen LogP contribution in [0.4, 0.5) is 4.79 Å². The predicted octanol–water partition coefficient (Wildman–Crippen LogP) is 1.57. The molecule has 0 saturated heterocycles. The van der Waals surface area contributed by atoms with Gasteiger partial charge in [-0.2, -0.15) is 0 Å². The Labute approximate surface area is 88.5 Å². The molecule has 2 unspecified atom stereocenters. The lowest BCUT2D eigenvalue weighted by Crippen LogP contribution is -2.36. The van der Waals surface area contributed by atoms with Gasteiger partial charge >= 0.3 is 6.03 Å². The summed E-state index contributed by atoms with van der Waals surface area (Å²) in [4.78, 5) is 11.1. The maximum Gasteiger partial charge on any atom is 0.341 e. The fourth-order valence-electron chi connectivity index (χ4n) is 1.68. The van der Waals surface area contributed by atoms with Crippen molar-refractivity contribution < 1.29 is 10.0 Å². The van der Waals surface area contributed by atoms with Gasteiger partial charge in [0, 0.05) is 19.0 Å². The highest BCUT2D eigenvalue weighted by atomic mass is 16.5. The third kappa shape index (κ3) is 2.27. The first-order valence-corrected chi connectivity index (χ1v) is 4.96.